The standard InChI is InChI=1S/C7H4Cl4N4/c8-3-1-4(12)5-13-14-6(7(9,10)11)15(5)2-3/h1-2H,12H2. The molecule has 0 fully saturated rings. The van der Waals surface area contributed by atoms with Crippen molar-refractivity contribution >= 4 is 57.7 Å². The maximum atomic E-state index is 5.82. The average Bonchev–Trinajstić information content (AvgIpc) is 2.45. The minimum absolute atomic E-state index is 0.150. The fraction of sp³-hybridized carbons (Fsp3) is 0.143. The summed E-state index contributed by atoms with van der Waals surface area (Å²) in [5.41, 5.74) is 6.45. The number of pyridine rings is 1. The van der Waals surface area contributed by atoms with Gasteiger partial charge in [-0.3, -0.25) is 4.40 Å². The summed E-state index contributed by atoms with van der Waals surface area (Å²) in [5.74, 6) is 0.150. The first-order valence-corrected chi connectivity index (χ1v) is 5.28. The molecule has 0 saturated heterocycles. The van der Waals surface area contributed by atoms with Gasteiger partial charge in [-0.2, -0.15) is 0 Å². The molecule has 0 radical (unpaired) electrons. The van der Waals surface area contributed by atoms with Crippen LogP contribution in [-0.2, 0) is 3.79 Å². The number of halogens is 4. The van der Waals surface area contributed by atoms with Gasteiger partial charge in [0.15, 0.2) is 11.5 Å². The van der Waals surface area contributed by atoms with Crippen molar-refractivity contribution in [1.82, 2.24) is 14.6 Å². The van der Waals surface area contributed by atoms with E-state index < -0.39 is 3.79 Å². The van der Waals surface area contributed by atoms with Crippen molar-refractivity contribution in [2.45, 2.75) is 3.79 Å². The minimum Gasteiger partial charge on any atom is -0.396 e. The number of aromatic nitrogens is 3. The first kappa shape index (κ1) is 11.1. The Kier molecular flexibility index (Phi) is 2.63. The Morgan fingerprint density at radius 2 is 1.93 bits per heavy atom. The number of nitrogens with two attached hydrogens (primary N) is 1. The molecule has 0 amide bonds. The summed E-state index contributed by atoms with van der Waals surface area (Å²) in [7, 11) is 0. The molecule has 8 heteroatoms. The first-order valence-electron chi connectivity index (χ1n) is 3.76. The SMILES string of the molecule is Nc1cc(Cl)cn2c(C(Cl)(Cl)Cl)nnc12. The van der Waals surface area contributed by atoms with Crippen molar-refractivity contribution in [3.63, 3.8) is 0 Å². The monoisotopic (exact) mass is 284 g/mol. The zero-order chi connectivity index (χ0) is 11.2. The lowest BCUT2D eigenvalue weighted by Gasteiger charge is -2.08. The predicted molar refractivity (Wildman–Crippen MR) is 61.6 cm³/mol. The lowest BCUT2D eigenvalue weighted by Crippen LogP contribution is -2.07. The van der Waals surface area contributed by atoms with Gasteiger partial charge in [0, 0.05) is 6.20 Å². The van der Waals surface area contributed by atoms with Crippen molar-refractivity contribution in [3.8, 4) is 0 Å². The van der Waals surface area contributed by atoms with Crippen LogP contribution in [-0.4, -0.2) is 14.6 Å². The molecule has 2 aromatic heterocycles. The molecule has 0 aliphatic carbocycles. The Hall–Kier alpha value is -0.420. The maximum absolute atomic E-state index is 5.82. The third-order valence-corrected chi connectivity index (χ3v) is 2.47. The molecule has 0 atom stereocenters. The molecule has 80 valence electrons. The average molecular weight is 286 g/mol. The van der Waals surface area contributed by atoms with E-state index in [1.54, 1.807) is 6.07 Å². The van der Waals surface area contributed by atoms with E-state index in [9.17, 15) is 0 Å². The number of fused-ring (bicyclic) bond motifs is 1. The third kappa shape index (κ3) is 1.95. The van der Waals surface area contributed by atoms with Crippen LogP contribution in [0.15, 0.2) is 12.3 Å². The summed E-state index contributed by atoms with van der Waals surface area (Å²) in [6.07, 6.45) is 1.53. The van der Waals surface area contributed by atoms with Gasteiger partial charge in [-0.25, -0.2) is 0 Å². The second kappa shape index (κ2) is 3.56. The topological polar surface area (TPSA) is 56.2 Å². The molecule has 0 aliphatic heterocycles. The number of nitrogens with zero attached hydrogens (tertiary/aromatic N) is 3. The molecule has 2 N–H and O–H groups in total. The number of hydrogen-bond donors (Lipinski definition) is 1. The van der Waals surface area contributed by atoms with Gasteiger partial charge in [0.2, 0.25) is 0 Å². The highest BCUT2D eigenvalue weighted by Gasteiger charge is 2.29. The Morgan fingerprint density at radius 3 is 2.53 bits per heavy atom. The number of rotatable bonds is 0. The van der Waals surface area contributed by atoms with Gasteiger partial charge in [0.05, 0.1) is 10.7 Å². The summed E-state index contributed by atoms with van der Waals surface area (Å²) in [6.45, 7) is 0. The van der Waals surface area contributed by atoms with Crippen LogP contribution in [0.25, 0.3) is 5.65 Å². The van der Waals surface area contributed by atoms with Gasteiger partial charge in [0.25, 0.3) is 3.79 Å². The second-order valence-corrected chi connectivity index (χ2v) is 5.55. The Labute approximate surface area is 105 Å². The third-order valence-electron chi connectivity index (χ3n) is 1.75. The van der Waals surface area contributed by atoms with E-state index in [4.69, 9.17) is 52.1 Å². The van der Waals surface area contributed by atoms with Crippen molar-refractivity contribution in [2.24, 2.45) is 0 Å². The van der Waals surface area contributed by atoms with Crippen molar-refractivity contribution in [3.05, 3.63) is 23.1 Å². The summed E-state index contributed by atoms with van der Waals surface area (Å²) in [4.78, 5) is 0. The molecule has 0 spiro atoms. The van der Waals surface area contributed by atoms with Crippen molar-refractivity contribution in [1.29, 1.82) is 0 Å². The highest BCUT2D eigenvalue weighted by atomic mass is 35.6. The Morgan fingerprint density at radius 1 is 1.27 bits per heavy atom. The van der Waals surface area contributed by atoms with Crippen LogP contribution in [0.3, 0.4) is 0 Å². The van der Waals surface area contributed by atoms with E-state index >= 15 is 0 Å². The first-order chi connectivity index (χ1) is 6.89. The molecular weight excluding hydrogens is 282 g/mol. The molecule has 2 rings (SSSR count). The van der Waals surface area contributed by atoms with E-state index in [0.717, 1.165) is 0 Å². The summed E-state index contributed by atoms with van der Waals surface area (Å²) >= 11 is 22.9. The molecule has 2 aromatic rings. The quantitative estimate of drug-likeness (QED) is 0.757. The predicted octanol–water partition coefficient (Wildman–Crippen LogP) is 2.79. The minimum atomic E-state index is -1.67. The summed E-state index contributed by atoms with van der Waals surface area (Å²) in [6, 6.07) is 1.55. The van der Waals surface area contributed by atoms with Crippen LogP contribution < -0.4 is 5.73 Å². The van der Waals surface area contributed by atoms with E-state index in [0.29, 0.717) is 16.4 Å². The largest absolute Gasteiger partial charge is 0.396 e. The Balaban J connectivity index is 2.80. The highest BCUT2D eigenvalue weighted by molar-refractivity contribution is 6.66. The van der Waals surface area contributed by atoms with Gasteiger partial charge in [-0.15, -0.1) is 10.2 Å². The van der Waals surface area contributed by atoms with Crippen molar-refractivity contribution in [2.75, 3.05) is 5.73 Å². The van der Waals surface area contributed by atoms with Crippen LogP contribution in [0, 0.1) is 0 Å². The number of nitrogen functional groups attached to an aromatic ring is 1. The fourth-order valence-electron chi connectivity index (χ4n) is 1.18. The number of anilines is 1. The van der Waals surface area contributed by atoms with Crippen LogP contribution in [0.1, 0.15) is 5.82 Å². The zero-order valence-corrected chi connectivity index (χ0v) is 10.1. The van der Waals surface area contributed by atoms with E-state index in [1.165, 1.54) is 10.6 Å². The van der Waals surface area contributed by atoms with Gasteiger partial charge in [-0.05, 0) is 6.07 Å². The van der Waals surface area contributed by atoms with Gasteiger partial charge in [-0.1, -0.05) is 46.4 Å². The lowest BCUT2D eigenvalue weighted by atomic mass is 10.4. The molecular formula is C7H4Cl4N4. The second-order valence-electron chi connectivity index (χ2n) is 2.83. The van der Waals surface area contributed by atoms with Crippen LogP contribution in [0.2, 0.25) is 5.02 Å². The number of alkyl halides is 3. The molecule has 0 unspecified atom stereocenters. The molecule has 0 bridgehead atoms. The summed E-state index contributed by atoms with van der Waals surface area (Å²) < 4.78 is -0.221. The van der Waals surface area contributed by atoms with E-state index in [2.05, 4.69) is 10.2 Å². The van der Waals surface area contributed by atoms with Crippen LogP contribution >= 0.6 is 46.4 Å². The lowest BCUT2D eigenvalue weighted by molar-refractivity contribution is 0.934. The van der Waals surface area contributed by atoms with Crippen LogP contribution in [0.5, 0.6) is 0 Å². The molecule has 0 aromatic carbocycles. The van der Waals surface area contributed by atoms with Gasteiger partial charge in [0.1, 0.15) is 0 Å². The zero-order valence-electron chi connectivity index (χ0n) is 7.09. The molecule has 2 heterocycles. The van der Waals surface area contributed by atoms with Gasteiger partial charge >= 0.3 is 0 Å². The van der Waals surface area contributed by atoms with E-state index in [-0.39, 0.29) is 5.82 Å². The highest BCUT2D eigenvalue weighted by Crippen LogP contribution is 2.37. The molecule has 0 aliphatic rings. The molecule has 4 nitrogen and oxygen atoms in total. The van der Waals surface area contributed by atoms with Gasteiger partial charge < -0.3 is 5.73 Å². The molecule has 0 saturated carbocycles. The normalized spacial score (nSPS) is 12.3. The van der Waals surface area contributed by atoms with Crippen molar-refractivity contribution < 1.29 is 0 Å². The Bertz CT molecular complexity index is 515. The fourth-order valence-corrected chi connectivity index (χ4v) is 1.78. The van der Waals surface area contributed by atoms with E-state index in [1.807, 2.05) is 0 Å². The molecule has 15 heavy (non-hydrogen) atoms. The summed E-state index contributed by atoms with van der Waals surface area (Å²) in [5, 5.41) is 7.96. The smallest absolute Gasteiger partial charge is 0.250 e. The maximum Gasteiger partial charge on any atom is 0.250 e. The van der Waals surface area contributed by atoms with Crippen LogP contribution in [0.4, 0.5) is 5.69 Å². The number of hydrogen-bond acceptors (Lipinski definition) is 3.